The van der Waals surface area contributed by atoms with Crippen LogP contribution in [0.3, 0.4) is 0 Å². The quantitative estimate of drug-likeness (QED) is 0.186. The summed E-state index contributed by atoms with van der Waals surface area (Å²) in [5.41, 5.74) is 14.3. The molecule has 181 valence electrons. The lowest BCUT2D eigenvalue weighted by atomic mass is 9.97. The summed E-state index contributed by atoms with van der Waals surface area (Å²) in [5, 5.41) is 4.15. The lowest BCUT2D eigenvalue weighted by Crippen LogP contribution is -2.01. The van der Waals surface area contributed by atoms with Crippen molar-refractivity contribution in [2.75, 3.05) is 0 Å². The van der Waals surface area contributed by atoms with Crippen molar-refractivity contribution < 1.29 is 4.52 Å². The number of aryl methyl sites for hydroxylation is 2. The SMILES string of the molecule is CCCCCCCCc1noc(-c2ccc(C([NH])CCc3ccc(-c4ccccc4)cc3)cc2)n1. The van der Waals surface area contributed by atoms with Crippen LogP contribution in [0.5, 0.6) is 0 Å². The maximum absolute atomic E-state index is 8.60. The summed E-state index contributed by atoms with van der Waals surface area (Å²) in [6.07, 6.45) is 10.1. The molecule has 1 radical (unpaired) electrons. The molecule has 0 amide bonds. The number of nitrogens with zero attached hydrogens (tertiary/aromatic N) is 2. The Balaban J connectivity index is 1.25. The molecule has 0 saturated heterocycles. The number of nitrogens with one attached hydrogen (secondary N) is 1. The predicted octanol–water partition coefficient (Wildman–Crippen LogP) is 8.26. The van der Waals surface area contributed by atoms with Gasteiger partial charge < -0.3 is 4.52 Å². The molecule has 0 aliphatic rings. The van der Waals surface area contributed by atoms with E-state index >= 15 is 0 Å². The molecule has 0 aliphatic heterocycles. The van der Waals surface area contributed by atoms with Gasteiger partial charge in [0.25, 0.3) is 5.89 Å². The molecule has 0 bridgehead atoms. The molecule has 4 heteroatoms. The van der Waals surface area contributed by atoms with Gasteiger partial charge in [-0.2, -0.15) is 4.98 Å². The van der Waals surface area contributed by atoms with Crippen LogP contribution in [0.15, 0.2) is 83.4 Å². The number of hydrogen-bond donors (Lipinski definition) is 0. The molecule has 0 aliphatic carbocycles. The van der Waals surface area contributed by atoms with Crippen LogP contribution in [0.25, 0.3) is 22.6 Å². The third-order valence-electron chi connectivity index (χ3n) is 6.56. The Kier molecular flexibility index (Phi) is 9.24. The van der Waals surface area contributed by atoms with Crippen molar-refractivity contribution in [1.82, 2.24) is 15.9 Å². The molecule has 1 N–H and O–H groups in total. The van der Waals surface area contributed by atoms with Crippen LogP contribution in [0.2, 0.25) is 0 Å². The summed E-state index contributed by atoms with van der Waals surface area (Å²) in [7, 11) is 0. The van der Waals surface area contributed by atoms with Gasteiger partial charge in [0, 0.05) is 18.0 Å². The maximum atomic E-state index is 8.60. The van der Waals surface area contributed by atoms with E-state index in [0.717, 1.165) is 42.6 Å². The third kappa shape index (κ3) is 7.37. The zero-order valence-electron chi connectivity index (χ0n) is 20.7. The largest absolute Gasteiger partial charge is 0.334 e. The number of hydrogen-bond acceptors (Lipinski definition) is 3. The highest BCUT2D eigenvalue weighted by Gasteiger charge is 2.12. The van der Waals surface area contributed by atoms with Crippen molar-refractivity contribution in [3.63, 3.8) is 0 Å². The first kappa shape index (κ1) is 24.9. The molecule has 1 unspecified atom stereocenters. The predicted molar refractivity (Wildman–Crippen MR) is 143 cm³/mol. The minimum atomic E-state index is -0.260. The van der Waals surface area contributed by atoms with Gasteiger partial charge in [0.15, 0.2) is 5.82 Å². The van der Waals surface area contributed by atoms with E-state index < -0.39 is 0 Å². The van der Waals surface area contributed by atoms with Gasteiger partial charge in [-0.25, -0.2) is 5.73 Å². The van der Waals surface area contributed by atoms with Gasteiger partial charge in [0.1, 0.15) is 0 Å². The van der Waals surface area contributed by atoms with Gasteiger partial charge in [0.2, 0.25) is 0 Å². The van der Waals surface area contributed by atoms with Gasteiger partial charge in [-0.15, -0.1) is 0 Å². The van der Waals surface area contributed by atoms with Crippen LogP contribution in [0, 0.1) is 0 Å². The van der Waals surface area contributed by atoms with Crippen LogP contribution in [0.1, 0.15) is 74.9 Å². The summed E-state index contributed by atoms with van der Waals surface area (Å²) in [5.74, 6) is 1.36. The van der Waals surface area contributed by atoms with Crippen LogP contribution < -0.4 is 5.73 Å². The fourth-order valence-electron chi connectivity index (χ4n) is 4.37. The molecule has 4 nitrogen and oxygen atoms in total. The summed E-state index contributed by atoms with van der Waals surface area (Å²) >= 11 is 0. The molecule has 1 atom stereocenters. The second-order valence-electron chi connectivity index (χ2n) is 9.31. The highest BCUT2D eigenvalue weighted by Crippen LogP contribution is 2.25. The minimum Gasteiger partial charge on any atom is -0.334 e. The van der Waals surface area contributed by atoms with Crippen molar-refractivity contribution >= 4 is 0 Å². The summed E-state index contributed by atoms with van der Waals surface area (Å²) in [6, 6.07) is 26.9. The lowest BCUT2D eigenvalue weighted by molar-refractivity contribution is 0.421. The Morgan fingerprint density at radius 2 is 1.37 bits per heavy atom. The van der Waals surface area contributed by atoms with Crippen molar-refractivity contribution in [1.29, 1.82) is 0 Å². The topological polar surface area (TPSA) is 62.7 Å². The maximum Gasteiger partial charge on any atom is 0.257 e. The molecular weight excluding hydrogens is 430 g/mol. The Morgan fingerprint density at radius 3 is 2.11 bits per heavy atom. The van der Waals surface area contributed by atoms with Crippen molar-refractivity contribution in [2.24, 2.45) is 0 Å². The summed E-state index contributed by atoms with van der Waals surface area (Å²) in [4.78, 5) is 4.57. The molecule has 35 heavy (non-hydrogen) atoms. The summed E-state index contributed by atoms with van der Waals surface area (Å²) < 4.78 is 5.49. The first-order valence-electron chi connectivity index (χ1n) is 13.0. The van der Waals surface area contributed by atoms with E-state index in [1.54, 1.807) is 0 Å². The average molecular weight is 467 g/mol. The monoisotopic (exact) mass is 466 g/mol. The second-order valence-corrected chi connectivity index (χ2v) is 9.31. The smallest absolute Gasteiger partial charge is 0.257 e. The molecule has 3 aromatic carbocycles. The fourth-order valence-corrected chi connectivity index (χ4v) is 4.37. The fraction of sp³-hybridized carbons (Fsp3) is 0.355. The van der Waals surface area contributed by atoms with E-state index in [4.69, 9.17) is 10.3 Å². The first-order chi connectivity index (χ1) is 17.2. The van der Waals surface area contributed by atoms with E-state index in [-0.39, 0.29) is 6.04 Å². The van der Waals surface area contributed by atoms with E-state index in [2.05, 4.69) is 65.6 Å². The van der Waals surface area contributed by atoms with E-state index in [9.17, 15) is 0 Å². The molecular formula is C31H36N3O. The second kappa shape index (κ2) is 13.0. The first-order valence-corrected chi connectivity index (χ1v) is 13.0. The number of rotatable bonds is 13. The lowest BCUT2D eigenvalue weighted by Gasteiger charge is -2.12. The van der Waals surface area contributed by atoms with Gasteiger partial charge in [-0.05, 0) is 53.6 Å². The van der Waals surface area contributed by atoms with Crippen LogP contribution in [0.4, 0.5) is 0 Å². The number of aromatic nitrogens is 2. The summed E-state index contributed by atoms with van der Waals surface area (Å²) in [6.45, 7) is 2.24. The number of benzene rings is 3. The van der Waals surface area contributed by atoms with Crippen molar-refractivity contribution in [3.8, 4) is 22.6 Å². The van der Waals surface area contributed by atoms with Gasteiger partial charge in [-0.3, -0.25) is 0 Å². The normalized spacial score (nSPS) is 12.1. The van der Waals surface area contributed by atoms with Gasteiger partial charge in [0.05, 0.1) is 0 Å². The third-order valence-corrected chi connectivity index (χ3v) is 6.56. The highest BCUT2D eigenvalue weighted by molar-refractivity contribution is 5.63. The zero-order valence-corrected chi connectivity index (χ0v) is 20.7. The van der Waals surface area contributed by atoms with Crippen LogP contribution in [-0.2, 0) is 12.8 Å². The van der Waals surface area contributed by atoms with E-state index in [0.29, 0.717) is 5.89 Å². The Bertz CT molecular complexity index is 1130. The average Bonchev–Trinajstić information content (AvgIpc) is 3.39. The Labute approximate surface area is 209 Å². The number of unbranched alkanes of at least 4 members (excludes halogenated alkanes) is 5. The molecule has 4 rings (SSSR count). The standard InChI is InChI=1S/C31H36N3O/c1-2-3-4-5-6-10-13-30-33-31(35-34-30)28-21-19-27(20-22-28)29(32)23-16-24-14-17-26(18-15-24)25-11-8-7-9-12-25/h7-9,11-12,14-15,17-22,29,32H,2-6,10,13,16,23H2,1H3. The van der Waals surface area contributed by atoms with E-state index in [1.807, 2.05) is 30.3 Å². The van der Waals surface area contributed by atoms with E-state index in [1.165, 1.54) is 48.8 Å². The van der Waals surface area contributed by atoms with Crippen molar-refractivity contribution in [3.05, 3.63) is 95.8 Å². The van der Waals surface area contributed by atoms with Crippen LogP contribution >= 0.6 is 0 Å². The molecule has 0 fully saturated rings. The zero-order chi connectivity index (χ0) is 24.3. The highest BCUT2D eigenvalue weighted by atomic mass is 16.5. The van der Waals surface area contributed by atoms with Crippen molar-refractivity contribution in [2.45, 2.75) is 70.8 Å². The molecule has 4 aromatic rings. The molecule has 1 heterocycles. The molecule has 0 spiro atoms. The van der Waals surface area contributed by atoms with Crippen LogP contribution in [-0.4, -0.2) is 10.1 Å². The Morgan fingerprint density at radius 1 is 0.714 bits per heavy atom. The molecule has 0 saturated carbocycles. The minimum absolute atomic E-state index is 0.260. The van der Waals surface area contributed by atoms with Gasteiger partial charge in [-0.1, -0.05) is 111 Å². The molecule has 1 aromatic heterocycles. The Hall–Kier alpha value is -3.24. The van der Waals surface area contributed by atoms with Gasteiger partial charge >= 0.3 is 0 Å².